The number of nitrogens with zero attached hydrogens (tertiary/aromatic N) is 4. The molecule has 0 spiro atoms. The number of imidazole rings is 1. The monoisotopic (exact) mass is 427 g/mol. The predicted molar refractivity (Wildman–Crippen MR) is 107 cm³/mol. The van der Waals surface area contributed by atoms with Gasteiger partial charge in [-0.3, -0.25) is 0 Å². The van der Waals surface area contributed by atoms with Gasteiger partial charge in [0.05, 0.1) is 12.9 Å². The maximum atomic E-state index is 6.15. The molecule has 0 amide bonds. The van der Waals surface area contributed by atoms with E-state index in [4.69, 9.17) is 11.6 Å². The molecule has 2 heterocycles. The molecule has 0 unspecified atom stereocenters. The van der Waals surface area contributed by atoms with E-state index >= 15 is 0 Å². The number of hydrogen-bond donors (Lipinski definition) is 1. The maximum Gasteiger partial charge on any atom is 0.226 e. The third-order valence-corrected chi connectivity index (χ3v) is 4.70. The van der Waals surface area contributed by atoms with Gasteiger partial charge in [-0.2, -0.15) is 9.97 Å². The Hall–Kier alpha value is -2.44. The number of aromatic nitrogens is 4. The van der Waals surface area contributed by atoms with E-state index in [1.54, 1.807) is 6.33 Å². The van der Waals surface area contributed by atoms with Crippen LogP contribution in [0.2, 0.25) is 5.28 Å². The first-order chi connectivity index (χ1) is 12.7. The fourth-order valence-corrected chi connectivity index (χ4v) is 3.15. The van der Waals surface area contributed by atoms with E-state index < -0.39 is 0 Å². The molecule has 0 bridgehead atoms. The summed E-state index contributed by atoms with van der Waals surface area (Å²) in [6, 6.07) is 18.3. The summed E-state index contributed by atoms with van der Waals surface area (Å²) in [5.41, 5.74) is 3.74. The van der Waals surface area contributed by atoms with Gasteiger partial charge in [-0.25, -0.2) is 4.98 Å². The van der Waals surface area contributed by atoms with E-state index in [0.29, 0.717) is 30.1 Å². The van der Waals surface area contributed by atoms with Gasteiger partial charge in [0.15, 0.2) is 17.0 Å². The lowest BCUT2D eigenvalue weighted by molar-refractivity contribution is 0.813. The second kappa shape index (κ2) is 7.43. The molecule has 2 aromatic carbocycles. The smallest absolute Gasteiger partial charge is 0.226 e. The molecule has 4 rings (SSSR count). The van der Waals surface area contributed by atoms with Crippen LogP contribution in [0, 0.1) is 0 Å². The Morgan fingerprint density at radius 1 is 0.962 bits per heavy atom. The fraction of sp³-hybridized carbons (Fsp3) is 0.105. The Morgan fingerprint density at radius 3 is 2.50 bits per heavy atom. The van der Waals surface area contributed by atoms with Crippen molar-refractivity contribution in [1.29, 1.82) is 0 Å². The third-order valence-electron chi connectivity index (χ3n) is 4.01. The molecule has 0 aliphatic heterocycles. The fourth-order valence-electron chi connectivity index (χ4n) is 2.72. The van der Waals surface area contributed by atoms with Crippen LogP contribution in [0.3, 0.4) is 0 Å². The summed E-state index contributed by atoms with van der Waals surface area (Å²) in [5.74, 6) is 0.634. The van der Waals surface area contributed by atoms with Crippen LogP contribution in [0.4, 0.5) is 5.82 Å². The van der Waals surface area contributed by atoms with Crippen LogP contribution >= 0.6 is 27.5 Å². The Labute approximate surface area is 164 Å². The third kappa shape index (κ3) is 3.71. The summed E-state index contributed by atoms with van der Waals surface area (Å²) in [5, 5.41) is 3.51. The summed E-state index contributed by atoms with van der Waals surface area (Å²) in [6.07, 6.45) is 1.77. The van der Waals surface area contributed by atoms with E-state index in [0.717, 1.165) is 10.0 Å². The average Bonchev–Trinajstić information content (AvgIpc) is 3.04. The average molecular weight is 429 g/mol. The van der Waals surface area contributed by atoms with E-state index in [1.807, 2.05) is 47.0 Å². The largest absolute Gasteiger partial charge is 0.364 e. The van der Waals surface area contributed by atoms with Crippen molar-refractivity contribution in [1.82, 2.24) is 19.5 Å². The molecule has 0 aliphatic carbocycles. The molecule has 5 nitrogen and oxygen atoms in total. The van der Waals surface area contributed by atoms with Crippen LogP contribution in [0.1, 0.15) is 11.1 Å². The number of benzene rings is 2. The van der Waals surface area contributed by atoms with Crippen LogP contribution in [0.5, 0.6) is 0 Å². The molecule has 0 atom stereocenters. The van der Waals surface area contributed by atoms with Gasteiger partial charge in [-0.05, 0) is 34.9 Å². The lowest BCUT2D eigenvalue weighted by atomic mass is 10.2. The van der Waals surface area contributed by atoms with Crippen LogP contribution < -0.4 is 5.32 Å². The molecule has 26 heavy (non-hydrogen) atoms. The Morgan fingerprint density at radius 2 is 1.73 bits per heavy atom. The van der Waals surface area contributed by atoms with E-state index in [-0.39, 0.29) is 5.28 Å². The van der Waals surface area contributed by atoms with E-state index in [1.165, 1.54) is 5.56 Å². The van der Waals surface area contributed by atoms with Gasteiger partial charge in [0.1, 0.15) is 0 Å². The highest BCUT2D eigenvalue weighted by molar-refractivity contribution is 9.10. The first-order valence-electron chi connectivity index (χ1n) is 8.09. The lowest BCUT2D eigenvalue weighted by Gasteiger charge is -2.08. The van der Waals surface area contributed by atoms with Gasteiger partial charge in [-0.1, -0.05) is 58.4 Å². The van der Waals surface area contributed by atoms with Crippen LogP contribution in [-0.2, 0) is 13.1 Å². The van der Waals surface area contributed by atoms with Crippen molar-refractivity contribution in [3.05, 3.63) is 81.8 Å². The minimum absolute atomic E-state index is 0.200. The normalized spacial score (nSPS) is 11.0. The first kappa shape index (κ1) is 17.0. The predicted octanol–water partition coefficient (Wildman–Crippen LogP) is 4.90. The maximum absolute atomic E-state index is 6.15. The van der Waals surface area contributed by atoms with Crippen molar-refractivity contribution in [2.45, 2.75) is 13.1 Å². The topological polar surface area (TPSA) is 55.6 Å². The molecular formula is C19H15BrClN5. The minimum atomic E-state index is 0.200. The quantitative estimate of drug-likeness (QED) is 0.459. The number of rotatable bonds is 5. The standard InChI is InChI=1S/C19H15BrClN5/c20-15-8-6-13(7-9-15)10-22-17-16-18(25-19(21)24-17)26(12-23-16)11-14-4-2-1-3-5-14/h1-9,12H,10-11H2,(H,22,24,25). The highest BCUT2D eigenvalue weighted by Gasteiger charge is 2.13. The summed E-state index contributed by atoms with van der Waals surface area (Å²) in [7, 11) is 0. The highest BCUT2D eigenvalue weighted by Crippen LogP contribution is 2.22. The number of hydrogen-bond acceptors (Lipinski definition) is 4. The van der Waals surface area contributed by atoms with Gasteiger partial charge in [-0.15, -0.1) is 0 Å². The van der Waals surface area contributed by atoms with E-state index in [9.17, 15) is 0 Å². The Bertz CT molecular complexity index is 1030. The Kier molecular flexibility index (Phi) is 4.86. The van der Waals surface area contributed by atoms with Crippen LogP contribution in [0.15, 0.2) is 65.4 Å². The second-order valence-electron chi connectivity index (χ2n) is 5.85. The van der Waals surface area contributed by atoms with Crippen molar-refractivity contribution in [2.24, 2.45) is 0 Å². The zero-order chi connectivity index (χ0) is 17.9. The van der Waals surface area contributed by atoms with E-state index in [2.05, 4.69) is 48.3 Å². The minimum Gasteiger partial charge on any atom is -0.364 e. The molecule has 4 aromatic rings. The second-order valence-corrected chi connectivity index (χ2v) is 7.11. The van der Waals surface area contributed by atoms with Crippen molar-refractivity contribution < 1.29 is 0 Å². The zero-order valence-corrected chi connectivity index (χ0v) is 16.1. The van der Waals surface area contributed by atoms with Crippen molar-refractivity contribution in [3.8, 4) is 0 Å². The molecule has 2 aromatic heterocycles. The van der Waals surface area contributed by atoms with Crippen molar-refractivity contribution in [3.63, 3.8) is 0 Å². The number of halogens is 2. The number of nitrogens with one attached hydrogen (secondary N) is 1. The zero-order valence-electron chi connectivity index (χ0n) is 13.7. The Balaban J connectivity index is 1.62. The molecule has 130 valence electrons. The molecular weight excluding hydrogens is 414 g/mol. The summed E-state index contributed by atoms with van der Waals surface area (Å²) in [4.78, 5) is 13.2. The van der Waals surface area contributed by atoms with Crippen molar-refractivity contribution >= 4 is 44.5 Å². The van der Waals surface area contributed by atoms with Crippen LogP contribution in [0.25, 0.3) is 11.2 Å². The molecule has 0 fully saturated rings. The highest BCUT2D eigenvalue weighted by atomic mass is 79.9. The van der Waals surface area contributed by atoms with Crippen LogP contribution in [-0.4, -0.2) is 19.5 Å². The summed E-state index contributed by atoms with van der Waals surface area (Å²) < 4.78 is 3.02. The number of fused-ring (bicyclic) bond motifs is 1. The molecule has 7 heteroatoms. The summed E-state index contributed by atoms with van der Waals surface area (Å²) in [6.45, 7) is 1.30. The van der Waals surface area contributed by atoms with Crippen molar-refractivity contribution in [2.75, 3.05) is 5.32 Å². The number of anilines is 1. The van der Waals surface area contributed by atoms with Gasteiger partial charge in [0.2, 0.25) is 5.28 Å². The SMILES string of the molecule is Clc1nc(NCc2ccc(Br)cc2)c2ncn(Cc3ccccc3)c2n1. The molecule has 0 radical (unpaired) electrons. The first-order valence-corrected chi connectivity index (χ1v) is 9.27. The molecule has 0 aliphatic rings. The summed E-state index contributed by atoms with van der Waals surface area (Å²) >= 11 is 9.59. The van der Waals surface area contributed by atoms with Gasteiger partial charge >= 0.3 is 0 Å². The van der Waals surface area contributed by atoms with Gasteiger partial charge in [0.25, 0.3) is 0 Å². The molecule has 1 N–H and O–H groups in total. The lowest BCUT2D eigenvalue weighted by Crippen LogP contribution is -2.04. The molecule has 0 saturated carbocycles. The van der Waals surface area contributed by atoms with Gasteiger partial charge in [0, 0.05) is 11.0 Å². The van der Waals surface area contributed by atoms with Gasteiger partial charge < -0.3 is 9.88 Å². The molecule has 0 saturated heterocycles.